The van der Waals surface area contributed by atoms with E-state index in [1.165, 1.54) is 6.26 Å². The Hall–Kier alpha value is -2.04. The Morgan fingerprint density at radius 1 is 1.05 bits per heavy atom. The molecule has 1 saturated heterocycles. The van der Waals surface area contributed by atoms with E-state index < -0.39 is 0 Å². The van der Waals surface area contributed by atoms with E-state index in [-0.39, 0.29) is 17.7 Å². The number of hydrogen-bond acceptors (Lipinski definition) is 3. The van der Waals surface area contributed by atoms with Crippen molar-refractivity contribution in [2.45, 2.75) is 19.3 Å². The molecule has 0 aromatic carbocycles. The first-order valence-corrected chi connectivity index (χ1v) is 7.52. The van der Waals surface area contributed by atoms with Crippen LogP contribution >= 0.6 is 0 Å². The molecule has 5 heteroatoms. The number of carbonyl (C=O) groups excluding carboxylic acids is 2. The molecule has 21 heavy (non-hydrogen) atoms. The molecule has 1 fully saturated rings. The molecule has 0 saturated carbocycles. The molecule has 0 atom stereocenters. The molecule has 0 bridgehead atoms. The van der Waals surface area contributed by atoms with E-state index in [1.54, 1.807) is 17.0 Å². The van der Waals surface area contributed by atoms with Crippen molar-refractivity contribution in [1.82, 2.24) is 9.80 Å². The summed E-state index contributed by atoms with van der Waals surface area (Å²) in [5.74, 6) is 0.622. The summed E-state index contributed by atoms with van der Waals surface area (Å²) in [5.41, 5.74) is 0. The third-order valence-electron chi connectivity index (χ3n) is 4.18. The molecule has 2 aliphatic rings. The van der Waals surface area contributed by atoms with Crippen molar-refractivity contribution in [3.8, 4) is 0 Å². The second-order valence-electron chi connectivity index (χ2n) is 5.59. The highest BCUT2D eigenvalue weighted by Gasteiger charge is 2.28. The van der Waals surface area contributed by atoms with E-state index in [2.05, 4.69) is 12.2 Å². The van der Waals surface area contributed by atoms with Gasteiger partial charge in [-0.2, -0.15) is 0 Å². The van der Waals surface area contributed by atoms with Crippen LogP contribution in [0.3, 0.4) is 0 Å². The van der Waals surface area contributed by atoms with Gasteiger partial charge in [0.25, 0.3) is 5.91 Å². The summed E-state index contributed by atoms with van der Waals surface area (Å²) < 4.78 is 5.16. The Balaban J connectivity index is 1.59. The smallest absolute Gasteiger partial charge is 0.289 e. The Morgan fingerprint density at radius 2 is 1.76 bits per heavy atom. The zero-order chi connectivity index (χ0) is 14.7. The van der Waals surface area contributed by atoms with Crippen molar-refractivity contribution < 1.29 is 14.0 Å². The number of furan rings is 1. The van der Waals surface area contributed by atoms with E-state index >= 15 is 0 Å². The Labute approximate surface area is 124 Å². The first kappa shape index (κ1) is 13.9. The Kier molecular flexibility index (Phi) is 4.08. The van der Waals surface area contributed by atoms with Gasteiger partial charge < -0.3 is 14.2 Å². The van der Waals surface area contributed by atoms with Gasteiger partial charge in [-0.15, -0.1) is 0 Å². The second-order valence-corrected chi connectivity index (χ2v) is 5.59. The van der Waals surface area contributed by atoms with E-state index in [9.17, 15) is 9.59 Å². The predicted octanol–water partition coefficient (Wildman–Crippen LogP) is 1.92. The summed E-state index contributed by atoms with van der Waals surface area (Å²) in [5, 5.41) is 0. The van der Waals surface area contributed by atoms with Crippen molar-refractivity contribution >= 4 is 11.8 Å². The van der Waals surface area contributed by atoms with Gasteiger partial charge in [0.05, 0.1) is 6.26 Å². The van der Waals surface area contributed by atoms with Crippen LogP contribution in [0.2, 0.25) is 0 Å². The number of hydrogen-bond donors (Lipinski definition) is 0. The van der Waals surface area contributed by atoms with Gasteiger partial charge in [0.15, 0.2) is 5.76 Å². The number of rotatable bonds is 2. The van der Waals surface area contributed by atoms with Crippen molar-refractivity contribution in [3.63, 3.8) is 0 Å². The summed E-state index contributed by atoms with van der Waals surface area (Å²) in [6.45, 7) is 2.59. The monoisotopic (exact) mass is 288 g/mol. The molecule has 3 rings (SSSR count). The lowest BCUT2D eigenvalue weighted by Crippen LogP contribution is -2.39. The average Bonchev–Trinajstić information content (AvgIpc) is 3.15. The maximum Gasteiger partial charge on any atom is 0.289 e. The summed E-state index contributed by atoms with van der Waals surface area (Å²) in [6, 6.07) is 3.40. The van der Waals surface area contributed by atoms with Crippen molar-refractivity contribution in [3.05, 3.63) is 36.3 Å². The van der Waals surface area contributed by atoms with E-state index in [1.807, 2.05) is 4.90 Å². The van der Waals surface area contributed by atoms with Gasteiger partial charge in [-0.25, -0.2) is 0 Å². The third kappa shape index (κ3) is 3.01. The van der Waals surface area contributed by atoms with Gasteiger partial charge in [0.2, 0.25) is 5.91 Å². The molecule has 1 aromatic rings. The lowest BCUT2D eigenvalue weighted by atomic mass is 10.1. The quantitative estimate of drug-likeness (QED) is 0.781. The summed E-state index contributed by atoms with van der Waals surface area (Å²) in [4.78, 5) is 28.4. The molecule has 0 spiro atoms. The molecular weight excluding hydrogens is 268 g/mol. The van der Waals surface area contributed by atoms with Gasteiger partial charge in [0, 0.05) is 32.1 Å². The van der Waals surface area contributed by atoms with E-state index in [0.717, 1.165) is 25.8 Å². The molecule has 1 aliphatic carbocycles. The molecule has 0 N–H and O–H groups in total. The molecule has 2 heterocycles. The van der Waals surface area contributed by atoms with Crippen molar-refractivity contribution in [1.29, 1.82) is 0 Å². The molecule has 5 nitrogen and oxygen atoms in total. The van der Waals surface area contributed by atoms with Crippen LogP contribution < -0.4 is 0 Å². The first-order valence-electron chi connectivity index (χ1n) is 7.52. The molecule has 1 aliphatic heterocycles. The summed E-state index contributed by atoms with van der Waals surface area (Å²) >= 11 is 0. The number of allylic oxidation sites excluding steroid dienone is 2. The first-order chi connectivity index (χ1) is 10.3. The maximum absolute atomic E-state index is 12.4. The maximum atomic E-state index is 12.4. The average molecular weight is 288 g/mol. The summed E-state index contributed by atoms with van der Waals surface area (Å²) in [6.07, 6.45) is 8.18. The highest BCUT2D eigenvalue weighted by atomic mass is 16.3. The molecule has 1 aromatic heterocycles. The summed E-state index contributed by atoms with van der Waals surface area (Å²) in [7, 11) is 0. The van der Waals surface area contributed by atoms with Gasteiger partial charge >= 0.3 is 0 Å². The number of amides is 2. The van der Waals surface area contributed by atoms with Crippen LogP contribution in [0.1, 0.15) is 29.8 Å². The van der Waals surface area contributed by atoms with Crippen LogP contribution in [0.4, 0.5) is 0 Å². The van der Waals surface area contributed by atoms with Crippen LogP contribution in [0.5, 0.6) is 0 Å². The van der Waals surface area contributed by atoms with Crippen LogP contribution in [0.15, 0.2) is 35.0 Å². The lowest BCUT2D eigenvalue weighted by molar-refractivity contribution is -0.135. The van der Waals surface area contributed by atoms with Crippen molar-refractivity contribution in [2.24, 2.45) is 5.92 Å². The van der Waals surface area contributed by atoms with E-state index in [4.69, 9.17) is 4.42 Å². The normalized spacial score (nSPS) is 19.8. The zero-order valence-electron chi connectivity index (χ0n) is 12.0. The molecule has 112 valence electrons. The predicted molar refractivity (Wildman–Crippen MR) is 77.7 cm³/mol. The minimum Gasteiger partial charge on any atom is -0.459 e. The number of carbonyl (C=O) groups is 2. The van der Waals surface area contributed by atoms with Crippen LogP contribution in [0.25, 0.3) is 0 Å². The largest absolute Gasteiger partial charge is 0.459 e. The van der Waals surface area contributed by atoms with Crippen molar-refractivity contribution in [2.75, 3.05) is 26.2 Å². The fourth-order valence-corrected chi connectivity index (χ4v) is 2.97. The molecule has 0 unspecified atom stereocenters. The SMILES string of the molecule is O=C(c1ccco1)N1CCCN(C(=O)C2CC=CC2)CC1. The van der Waals surface area contributed by atoms with E-state index in [0.29, 0.717) is 25.4 Å². The fourth-order valence-electron chi connectivity index (χ4n) is 2.97. The zero-order valence-corrected chi connectivity index (χ0v) is 12.0. The van der Waals surface area contributed by atoms with Crippen LogP contribution in [-0.4, -0.2) is 47.8 Å². The van der Waals surface area contributed by atoms with Gasteiger partial charge in [-0.1, -0.05) is 12.2 Å². The lowest BCUT2D eigenvalue weighted by Gasteiger charge is -2.24. The minimum atomic E-state index is -0.0863. The van der Waals surface area contributed by atoms with Gasteiger partial charge in [0.1, 0.15) is 0 Å². The minimum absolute atomic E-state index is 0.0863. The number of nitrogens with zero attached hydrogens (tertiary/aromatic N) is 2. The second kappa shape index (κ2) is 6.16. The highest BCUT2D eigenvalue weighted by molar-refractivity contribution is 5.91. The molecule has 0 radical (unpaired) electrons. The Morgan fingerprint density at radius 3 is 2.48 bits per heavy atom. The van der Waals surface area contributed by atoms with Crippen LogP contribution in [0, 0.1) is 5.92 Å². The third-order valence-corrected chi connectivity index (χ3v) is 4.18. The standard InChI is InChI=1S/C16H20N2O3/c19-15(13-5-1-2-6-13)17-8-4-9-18(11-10-17)16(20)14-7-3-12-21-14/h1-3,7,12-13H,4-6,8-11H2. The molecule has 2 amide bonds. The fraction of sp³-hybridized carbons (Fsp3) is 0.500. The van der Waals surface area contributed by atoms with Gasteiger partial charge in [-0.05, 0) is 31.4 Å². The Bertz CT molecular complexity index is 528. The topological polar surface area (TPSA) is 53.8 Å². The van der Waals surface area contributed by atoms with Crippen LogP contribution in [-0.2, 0) is 4.79 Å². The molecular formula is C16H20N2O3. The highest BCUT2D eigenvalue weighted by Crippen LogP contribution is 2.21. The van der Waals surface area contributed by atoms with Gasteiger partial charge in [-0.3, -0.25) is 9.59 Å².